The summed E-state index contributed by atoms with van der Waals surface area (Å²) in [7, 11) is 0. The third kappa shape index (κ3) is 2.20. The van der Waals surface area contributed by atoms with Crippen LogP contribution in [0.1, 0.15) is 43.4 Å². The minimum absolute atomic E-state index is 0.620. The zero-order valence-corrected chi connectivity index (χ0v) is 11.1. The number of anilines is 1. The summed E-state index contributed by atoms with van der Waals surface area (Å²) in [4.78, 5) is 8.14. The van der Waals surface area contributed by atoms with E-state index in [0.29, 0.717) is 12.0 Å². The fourth-order valence-electron chi connectivity index (χ4n) is 3.34. The zero-order chi connectivity index (χ0) is 11.7. The third-order valence-electron chi connectivity index (χ3n) is 4.50. The van der Waals surface area contributed by atoms with E-state index in [-0.39, 0.29) is 0 Å². The second kappa shape index (κ2) is 4.58. The molecule has 1 aliphatic carbocycles. The molecule has 1 spiro atoms. The van der Waals surface area contributed by atoms with Crippen molar-refractivity contribution in [1.29, 1.82) is 0 Å². The average molecular weight is 251 g/mol. The molecule has 1 aromatic heterocycles. The summed E-state index contributed by atoms with van der Waals surface area (Å²) in [5.74, 6) is 0. The van der Waals surface area contributed by atoms with Crippen LogP contribution in [-0.2, 0) is 6.54 Å². The molecule has 1 aromatic rings. The van der Waals surface area contributed by atoms with Gasteiger partial charge in [-0.25, -0.2) is 4.98 Å². The van der Waals surface area contributed by atoms with Crippen molar-refractivity contribution in [3.63, 3.8) is 0 Å². The highest BCUT2D eigenvalue weighted by atomic mass is 32.1. The van der Waals surface area contributed by atoms with Crippen LogP contribution in [-0.4, -0.2) is 18.1 Å². The number of thiazole rings is 1. The van der Waals surface area contributed by atoms with Gasteiger partial charge in [-0.15, -0.1) is 11.3 Å². The van der Waals surface area contributed by atoms with E-state index in [1.807, 2.05) is 6.20 Å². The van der Waals surface area contributed by atoms with Gasteiger partial charge < -0.3 is 10.6 Å². The first-order chi connectivity index (χ1) is 8.31. The van der Waals surface area contributed by atoms with Gasteiger partial charge in [-0.2, -0.15) is 0 Å². The Bertz CT molecular complexity index is 372. The normalized spacial score (nSPS) is 23.5. The number of hydrogen-bond donors (Lipinski definition) is 1. The molecular weight excluding hydrogens is 230 g/mol. The van der Waals surface area contributed by atoms with Gasteiger partial charge in [0.25, 0.3) is 0 Å². The lowest BCUT2D eigenvalue weighted by atomic mass is 9.77. The highest BCUT2D eigenvalue weighted by Crippen LogP contribution is 2.46. The molecule has 1 saturated carbocycles. The van der Waals surface area contributed by atoms with E-state index in [1.54, 1.807) is 11.3 Å². The summed E-state index contributed by atoms with van der Waals surface area (Å²) >= 11 is 1.76. The Morgan fingerprint density at radius 2 is 1.94 bits per heavy atom. The van der Waals surface area contributed by atoms with Crippen LogP contribution in [0.25, 0.3) is 0 Å². The maximum Gasteiger partial charge on any atom is 0.185 e. The number of nitrogens with two attached hydrogens (primary N) is 1. The lowest BCUT2D eigenvalue weighted by Gasteiger charge is -2.39. The molecule has 2 fully saturated rings. The molecule has 3 nitrogen and oxygen atoms in total. The minimum atomic E-state index is 0.620. The fraction of sp³-hybridized carbons (Fsp3) is 0.769. The van der Waals surface area contributed by atoms with Gasteiger partial charge in [0.2, 0.25) is 0 Å². The maximum atomic E-state index is 5.64. The predicted molar refractivity (Wildman–Crippen MR) is 72.4 cm³/mol. The molecule has 2 N–H and O–H groups in total. The van der Waals surface area contributed by atoms with E-state index in [4.69, 9.17) is 5.73 Å². The molecule has 4 heteroatoms. The molecule has 0 unspecified atom stereocenters. The highest BCUT2D eigenvalue weighted by Gasteiger charge is 2.37. The summed E-state index contributed by atoms with van der Waals surface area (Å²) in [6, 6.07) is 0. The van der Waals surface area contributed by atoms with Gasteiger partial charge in [0, 0.05) is 30.7 Å². The maximum absolute atomic E-state index is 5.64. The molecule has 0 atom stereocenters. The van der Waals surface area contributed by atoms with Crippen molar-refractivity contribution >= 4 is 16.5 Å². The van der Waals surface area contributed by atoms with E-state index < -0.39 is 0 Å². The molecule has 0 aromatic carbocycles. The van der Waals surface area contributed by atoms with Crippen LogP contribution in [0.15, 0.2) is 6.20 Å². The number of piperidine rings is 1. The molecular formula is C13H21N3S. The van der Waals surface area contributed by atoms with Crippen LogP contribution in [0.3, 0.4) is 0 Å². The molecule has 17 heavy (non-hydrogen) atoms. The van der Waals surface area contributed by atoms with Crippen LogP contribution in [0.4, 0.5) is 5.13 Å². The topological polar surface area (TPSA) is 42.1 Å². The molecule has 0 bridgehead atoms. The van der Waals surface area contributed by atoms with Crippen molar-refractivity contribution < 1.29 is 0 Å². The quantitative estimate of drug-likeness (QED) is 0.879. The van der Waals surface area contributed by atoms with Gasteiger partial charge in [-0.05, 0) is 31.1 Å². The third-order valence-corrected chi connectivity index (χ3v) is 5.58. The zero-order valence-electron chi connectivity index (χ0n) is 10.3. The average Bonchev–Trinajstić information content (AvgIpc) is 3.00. The number of hydrogen-bond acceptors (Lipinski definition) is 4. The van der Waals surface area contributed by atoms with Crippen molar-refractivity contribution in [2.75, 3.05) is 18.0 Å². The first-order valence-corrected chi connectivity index (χ1v) is 7.53. The van der Waals surface area contributed by atoms with Gasteiger partial charge in [0.15, 0.2) is 5.13 Å². The second-order valence-electron chi connectivity index (χ2n) is 5.51. The van der Waals surface area contributed by atoms with Gasteiger partial charge in [0.05, 0.1) is 0 Å². The molecule has 2 heterocycles. The van der Waals surface area contributed by atoms with Crippen LogP contribution in [0.2, 0.25) is 0 Å². The van der Waals surface area contributed by atoms with Crippen LogP contribution in [0.5, 0.6) is 0 Å². The Kier molecular flexibility index (Phi) is 3.09. The lowest BCUT2D eigenvalue weighted by Crippen LogP contribution is -2.38. The summed E-state index contributed by atoms with van der Waals surface area (Å²) in [5.41, 5.74) is 6.34. The van der Waals surface area contributed by atoms with Crippen LogP contribution < -0.4 is 10.6 Å². The summed E-state index contributed by atoms with van der Waals surface area (Å²) in [6.07, 6.45) is 10.5. The molecule has 3 rings (SSSR count). The Labute approximate surface area is 107 Å². The Balaban J connectivity index is 1.64. The van der Waals surface area contributed by atoms with E-state index in [2.05, 4.69) is 9.88 Å². The molecule has 0 radical (unpaired) electrons. The van der Waals surface area contributed by atoms with Crippen molar-refractivity contribution in [3.05, 3.63) is 11.1 Å². The Hall–Kier alpha value is -0.610. The van der Waals surface area contributed by atoms with Crippen LogP contribution >= 0.6 is 11.3 Å². The van der Waals surface area contributed by atoms with Crippen molar-refractivity contribution in [1.82, 2.24) is 4.98 Å². The van der Waals surface area contributed by atoms with Crippen molar-refractivity contribution in [3.8, 4) is 0 Å². The minimum Gasteiger partial charge on any atom is -0.348 e. The van der Waals surface area contributed by atoms with E-state index >= 15 is 0 Å². The second-order valence-corrected chi connectivity index (χ2v) is 6.60. The number of nitrogens with zero attached hydrogens (tertiary/aromatic N) is 2. The molecule has 2 aliphatic rings. The molecule has 0 amide bonds. The molecule has 94 valence electrons. The van der Waals surface area contributed by atoms with E-state index in [0.717, 1.165) is 0 Å². The summed E-state index contributed by atoms with van der Waals surface area (Å²) in [6.45, 7) is 3.00. The van der Waals surface area contributed by atoms with Gasteiger partial charge in [-0.3, -0.25) is 0 Å². The lowest BCUT2D eigenvalue weighted by molar-refractivity contribution is 0.226. The summed E-state index contributed by atoms with van der Waals surface area (Å²) < 4.78 is 0. The smallest absolute Gasteiger partial charge is 0.185 e. The largest absolute Gasteiger partial charge is 0.348 e. The predicted octanol–water partition coefficient (Wildman–Crippen LogP) is 2.76. The Morgan fingerprint density at radius 3 is 2.53 bits per heavy atom. The van der Waals surface area contributed by atoms with E-state index in [9.17, 15) is 0 Å². The number of rotatable bonds is 2. The SMILES string of the molecule is NCc1cnc(N2CCC3(CCCC3)CC2)s1. The molecule has 1 aliphatic heterocycles. The van der Waals surface area contributed by atoms with Gasteiger partial charge in [0.1, 0.15) is 0 Å². The first kappa shape index (κ1) is 11.5. The monoisotopic (exact) mass is 251 g/mol. The van der Waals surface area contributed by atoms with Crippen LogP contribution in [0, 0.1) is 5.41 Å². The van der Waals surface area contributed by atoms with Crippen molar-refractivity contribution in [2.45, 2.75) is 45.1 Å². The van der Waals surface area contributed by atoms with Gasteiger partial charge in [-0.1, -0.05) is 12.8 Å². The molecule has 1 saturated heterocycles. The van der Waals surface area contributed by atoms with E-state index in [1.165, 1.54) is 61.6 Å². The standard InChI is InChI=1S/C13H21N3S/c14-9-11-10-15-12(17-11)16-7-5-13(6-8-16)3-1-2-4-13/h10H,1-9,14H2. The number of aromatic nitrogens is 1. The first-order valence-electron chi connectivity index (χ1n) is 6.71. The fourth-order valence-corrected chi connectivity index (χ4v) is 4.18. The highest BCUT2D eigenvalue weighted by molar-refractivity contribution is 7.15. The van der Waals surface area contributed by atoms with Gasteiger partial charge >= 0.3 is 0 Å². The summed E-state index contributed by atoms with van der Waals surface area (Å²) in [5, 5.41) is 1.18. The van der Waals surface area contributed by atoms with Crippen molar-refractivity contribution in [2.24, 2.45) is 11.1 Å². The Morgan fingerprint density at radius 1 is 1.24 bits per heavy atom.